The van der Waals surface area contributed by atoms with Crippen molar-refractivity contribution in [2.45, 2.75) is 154 Å². The van der Waals surface area contributed by atoms with Gasteiger partial charge in [0.05, 0.1) is 48.7 Å². The number of pyridine rings is 1. The average Bonchev–Trinajstić information content (AvgIpc) is 3.38. The number of nitro groups is 1. The predicted octanol–water partition coefficient (Wildman–Crippen LogP) is 10.5. The van der Waals surface area contributed by atoms with E-state index in [0.717, 1.165) is 73.9 Å². The number of carbonyl (C=O) groups excluding carboxylic acids is 1. The van der Waals surface area contributed by atoms with Gasteiger partial charge in [0.1, 0.15) is 30.8 Å². The molecule has 6 rings (SSSR count). The molecule has 1 fully saturated rings. The fraction of sp³-hybridized carbons (Fsp3) is 0.596. The van der Waals surface area contributed by atoms with E-state index in [1.54, 1.807) is 18.2 Å². The molecule has 1 amide bonds. The predicted molar refractivity (Wildman–Crippen MR) is 278 cm³/mol. The first-order chi connectivity index (χ1) is 35.2. The number of carbonyl (C=O) groups is 1. The molecule has 0 radical (unpaired) electrons. The van der Waals surface area contributed by atoms with Crippen LogP contribution in [0.2, 0.25) is 0 Å². The molecule has 2 aromatic carbocycles. The third-order valence-electron chi connectivity index (χ3n) is 14.4. The lowest BCUT2D eigenvalue weighted by molar-refractivity contribution is -0.384. The number of aromatic nitrogens is 1. The number of oxime groups is 1. The summed E-state index contributed by atoms with van der Waals surface area (Å²) >= 11 is 0. The number of aryl methyl sites for hydroxylation is 1. The van der Waals surface area contributed by atoms with Gasteiger partial charge in [0, 0.05) is 61.9 Å². The van der Waals surface area contributed by atoms with Gasteiger partial charge in [-0.15, -0.1) is 6.58 Å². The first-order valence-electron chi connectivity index (χ1n) is 26.6. The van der Waals surface area contributed by atoms with Crippen molar-refractivity contribution >= 4 is 17.3 Å². The van der Waals surface area contributed by atoms with Crippen molar-refractivity contribution in [3.8, 4) is 11.5 Å². The van der Waals surface area contributed by atoms with E-state index in [9.17, 15) is 25.4 Å². The minimum Gasteiger partial charge on any atom is -0.487 e. The van der Waals surface area contributed by atoms with Crippen LogP contribution in [0.1, 0.15) is 145 Å². The number of fused-ring (bicyclic) bond motifs is 2. The fourth-order valence-electron chi connectivity index (χ4n) is 11.0. The molecule has 0 bridgehead atoms. The molecule has 3 aromatic rings. The number of rotatable bonds is 34. The number of unbranched alkanes of at least 4 members (excludes halogenated alkanes) is 10. The molecule has 2 aliphatic carbocycles. The van der Waals surface area contributed by atoms with Gasteiger partial charge in [-0.25, -0.2) is 0 Å². The molecular formula is C57H80N4O11. The second-order valence-corrected chi connectivity index (χ2v) is 19.5. The van der Waals surface area contributed by atoms with Crippen molar-refractivity contribution in [1.29, 1.82) is 0 Å². The summed E-state index contributed by atoms with van der Waals surface area (Å²) < 4.78 is 27.0. The van der Waals surface area contributed by atoms with E-state index >= 15 is 4.79 Å². The lowest BCUT2D eigenvalue weighted by Gasteiger charge is -2.60. The van der Waals surface area contributed by atoms with Crippen molar-refractivity contribution in [3.63, 3.8) is 0 Å². The van der Waals surface area contributed by atoms with E-state index in [4.69, 9.17) is 28.9 Å². The zero-order chi connectivity index (χ0) is 51.1. The van der Waals surface area contributed by atoms with Gasteiger partial charge >= 0.3 is 0 Å². The Labute approximate surface area is 426 Å². The standard InChI is InChI=1S/C57H80N4O11/c1-4-6-7-8-9-10-11-12-13-23-54(65)60(30-35-68-36-33-64)53-39-51(59-71-40-43-24-26-46(27-25-43)61(66)67)49-37-44(20-14-16-31-62)48(22-15-17-32-63)55-50-38-47(69-41-45-21-18-19-42(3)58-45)28-29-52(50)72-57(53,56(49)55)70-34-5-2/h5,18-19,21,24-29,37-38,44,48,53,55-56,62-64H,2,4,6-17,20,22-23,30-36,39-41H2,1,3H3/t44-,48+,53-,55+,56+,57+/m0/s1. The van der Waals surface area contributed by atoms with Crippen LogP contribution in [0, 0.1) is 34.8 Å². The van der Waals surface area contributed by atoms with Crippen LogP contribution in [0.15, 0.2) is 90.1 Å². The Hall–Kier alpha value is -5.19. The monoisotopic (exact) mass is 997 g/mol. The van der Waals surface area contributed by atoms with Crippen LogP contribution in [0.25, 0.3) is 0 Å². The SMILES string of the molecule is C=CCO[C@@]12Oc3ccc(OCc4cccc(C)n4)cc3[C@H]3[C@H](CCCCO)[C@@H](CCCCO)C=C(C(=NOCc4ccc([N+](=O)[O-])cc4)C[C@@H]1N(CCOCCO)C(=O)CCCCCCCCCCC)[C@H]32. The van der Waals surface area contributed by atoms with Crippen molar-refractivity contribution in [3.05, 3.63) is 118 Å². The Balaban J connectivity index is 1.48. The van der Waals surface area contributed by atoms with Gasteiger partial charge in [-0.05, 0) is 104 Å². The van der Waals surface area contributed by atoms with E-state index < -0.39 is 22.7 Å². The number of non-ortho nitro benzene ring substituents is 1. The molecule has 394 valence electrons. The quantitative estimate of drug-likeness (QED) is 0.0222. The van der Waals surface area contributed by atoms with Crippen LogP contribution in [0.3, 0.4) is 0 Å². The zero-order valence-corrected chi connectivity index (χ0v) is 42.8. The number of nitrogens with zero attached hydrogens (tertiary/aromatic N) is 4. The molecule has 3 N–H and O–H groups in total. The molecule has 0 spiro atoms. The normalized spacial score (nSPS) is 21.5. The molecular weight excluding hydrogens is 917 g/mol. The van der Waals surface area contributed by atoms with Gasteiger partial charge < -0.3 is 44.0 Å². The van der Waals surface area contributed by atoms with Crippen LogP contribution in [0.4, 0.5) is 5.69 Å². The average molecular weight is 997 g/mol. The van der Waals surface area contributed by atoms with E-state index in [2.05, 4.69) is 30.6 Å². The summed E-state index contributed by atoms with van der Waals surface area (Å²) in [5.41, 5.74) is 4.83. The molecule has 3 aliphatic rings. The largest absolute Gasteiger partial charge is 0.487 e. The van der Waals surface area contributed by atoms with E-state index in [0.29, 0.717) is 42.0 Å². The van der Waals surface area contributed by atoms with Crippen LogP contribution < -0.4 is 9.47 Å². The fourth-order valence-corrected chi connectivity index (χ4v) is 11.0. The number of ether oxygens (including phenoxy) is 4. The Morgan fingerprint density at radius 3 is 2.35 bits per heavy atom. The van der Waals surface area contributed by atoms with Gasteiger partial charge in [-0.3, -0.25) is 19.9 Å². The molecule has 72 heavy (non-hydrogen) atoms. The van der Waals surface area contributed by atoms with Gasteiger partial charge in [0.15, 0.2) is 0 Å². The summed E-state index contributed by atoms with van der Waals surface area (Å²) in [4.78, 5) is 38.8. The molecule has 6 atom stereocenters. The van der Waals surface area contributed by atoms with Crippen molar-refractivity contribution < 1.29 is 48.8 Å². The number of aliphatic hydroxyl groups is 3. The number of amides is 1. The molecule has 0 saturated heterocycles. The van der Waals surface area contributed by atoms with Gasteiger partial charge in [0.2, 0.25) is 11.7 Å². The minimum atomic E-state index is -1.46. The number of aliphatic hydroxyl groups excluding tert-OH is 3. The summed E-state index contributed by atoms with van der Waals surface area (Å²) in [5.74, 6) is -1.03. The highest BCUT2D eigenvalue weighted by molar-refractivity contribution is 6.03. The first-order valence-corrected chi connectivity index (χ1v) is 26.6. The number of hydrogen-bond donors (Lipinski definition) is 3. The maximum atomic E-state index is 15.1. The number of allylic oxidation sites excluding steroid dienone is 1. The summed E-state index contributed by atoms with van der Waals surface area (Å²) in [7, 11) is 0. The summed E-state index contributed by atoms with van der Waals surface area (Å²) in [6.45, 7) is 9.13. The number of nitro benzene ring substituents is 1. The minimum absolute atomic E-state index is 0.00655. The molecule has 2 heterocycles. The van der Waals surface area contributed by atoms with E-state index in [1.165, 1.54) is 44.2 Å². The third kappa shape index (κ3) is 15.2. The highest BCUT2D eigenvalue weighted by atomic mass is 16.7. The first kappa shape index (κ1) is 56.1. The topological polar surface area (TPSA) is 196 Å². The summed E-state index contributed by atoms with van der Waals surface area (Å²) in [6.07, 6.45) is 18.9. The maximum absolute atomic E-state index is 15.1. The van der Waals surface area contributed by atoms with Gasteiger partial charge in [0.25, 0.3) is 5.69 Å². The van der Waals surface area contributed by atoms with E-state index in [-0.39, 0.29) is 95.2 Å². The Morgan fingerprint density at radius 1 is 0.917 bits per heavy atom. The van der Waals surface area contributed by atoms with Crippen LogP contribution in [0.5, 0.6) is 11.5 Å². The van der Waals surface area contributed by atoms with Crippen LogP contribution in [-0.2, 0) is 32.3 Å². The highest BCUT2D eigenvalue weighted by Gasteiger charge is 2.65. The van der Waals surface area contributed by atoms with Crippen molar-refractivity contribution in [2.24, 2.45) is 22.9 Å². The van der Waals surface area contributed by atoms with Crippen LogP contribution in [-0.4, -0.2) is 99.8 Å². The molecule has 1 saturated carbocycles. The third-order valence-corrected chi connectivity index (χ3v) is 14.4. The molecule has 15 heteroatoms. The zero-order valence-electron chi connectivity index (χ0n) is 42.8. The summed E-state index contributed by atoms with van der Waals surface area (Å²) in [5, 5.41) is 46.2. The van der Waals surface area contributed by atoms with Crippen molar-refractivity contribution in [1.82, 2.24) is 9.88 Å². The molecule has 0 unspecified atom stereocenters. The molecule has 1 aromatic heterocycles. The smallest absolute Gasteiger partial charge is 0.269 e. The lowest BCUT2D eigenvalue weighted by Crippen LogP contribution is -2.70. The number of benzene rings is 2. The molecule has 1 aliphatic heterocycles. The Kier molecular flexibility index (Phi) is 23.0. The lowest BCUT2D eigenvalue weighted by atomic mass is 9.55. The van der Waals surface area contributed by atoms with Gasteiger partial charge in [-0.2, -0.15) is 0 Å². The van der Waals surface area contributed by atoms with Crippen molar-refractivity contribution in [2.75, 3.05) is 46.2 Å². The van der Waals surface area contributed by atoms with Crippen LogP contribution >= 0.6 is 0 Å². The van der Waals surface area contributed by atoms with Gasteiger partial charge in [-0.1, -0.05) is 94.5 Å². The highest BCUT2D eigenvalue weighted by Crippen LogP contribution is 2.62. The Morgan fingerprint density at radius 2 is 1.65 bits per heavy atom. The summed E-state index contributed by atoms with van der Waals surface area (Å²) in [6, 6.07) is 17.2. The maximum Gasteiger partial charge on any atom is 0.269 e. The Bertz CT molecular complexity index is 2220. The van der Waals surface area contributed by atoms with E-state index in [1.807, 2.05) is 42.2 Å². The second-order valence-electron chi connectivity index (χ2n) is 19.5. The molecule has 15 nitrogen and oxygen atoms in total. The number of hydrogen-bond acceptors (Lipinski definition) is 13. The second kappa shape index (κ2) is 29.5.